The maximum absolute atomic E-state index is 9.28. The Labute approximate surface area is 126 Å². The normalized spacial score (nSPS) is 14.5. The lowest BCUT2D eigenvalue weighted by molar-refractivity contribution is 0.228. The molecule has 118 valence electrons. The summed E-state index contributed by atoms with van der Waals surface area (Å²) in [6.45, 7) is 18.2. The molecule has 0 aliphatic heterocycles. The van der Waals surface area contributed by atoms with Crippen LogP contribution in [0.15, 0.2) is 0 Å². The number of hydrogen-bond donors (Lipinski definition) is 1. The van der Waals surface area contributed by atoms with Crippen molar-refractivity contribution >= 4 is 0 Å². The molecule has 0 aromatic heterocycles. The zero-order chi connectivity index (χ0) is 15.4. The van der Waals surface area contributed by atoms with Crippen LogP contribution in [0, 0.1) is 11.3 Å². The molecular formula is C16H34N4. The predicted molar refractivity (Wildman–Crippen MR) is 86.8 cm³/mol. The monoisotopic (exact) mass is 282 g/mol. The average Bonchev–Trinajstić information content (AvgIpc) is 2.47. The van der Waals surface area contributed by atoms with E-state index in [-0.39, 0.29) is 5.54 Å². The highest BCUT2D eigenvalue weighted by atomic mass is 15.1. The first-order valence-corrected chi connectivity index (χ1v) is 8.16. The molecule has 0 bridgehead atoms. The summed E-state index contributed by atoms with van der Waals surface area (Å²) in [5, 5.41) is 12.6. The van der Waals surface area contributed by atoms with Crippen LogP contribution >= 0.6 is 0 Å². The molecular weight excluding hydrogens is 248 g/mol. The molecule has 4 heteroatoms. The molecule has 1 atom stereocenters. The van der Waals surface area contributed by atoms with E-state index < -0.39 is 0 Å². The van der Waals surface area contributed by atoms with E-state index in [1.165, 1.54) is 13.0 Å². The van der Waals surface area contributed by atoms with Gasteiger partial charge in [0.2, 0.25) is 0 Å². The van der Waals surface area contributed by atoms with Gasteiger partial charge >= 0.3 is 0 Å². The third kappa shape index (κ3) is 7.84. The van der Waals surface area contributed by atoms with Gasteiger partial charge in [0, 0.05) is 6.54 Å². The third-order valence-electron chi connectivity index (χ3n) is 4.03. The summed E-state index contributed by atoms with van der Waals surface area (Å²) < 4.78 is 0. The Balaban J connectivity index is 4.06. The van der Waals surface area contributed by atoms with Gasteiger partial charge in [0.05, 0.1) is 6.07 Å². The summed E-state index contributed by atoms with van der Waals surface area (Å²) in [5.74, 6) is 0. The van der Waals surface area contributed by atoms with Crippen molar-refractivity contribution in [3.8, 4) is 6.07 Å². The van der Waals surface area contributed by atoms with Crippen molar-refractivity contribution in [2.75, 3.05) is 45.8 Å². The van der Waals surface area contributed by atoms with Crippen LogP contribution in [0.2, 0.25) is 0 Å². The van der Waals surface area contributed by atoms with Crippen molar-refractivity contribution in [3.05, 3.63) is 0 Å². The van der Waals surface area contributed by atoms with Crippen LogP contribution in [0.4, 0.5) is 0 Å². The molecule has 4 nitrogen and oxygen atoms in total. The predicted octanol–water partition coefficient (Wildman–Crippen LogP) is 2.32. The molecule has 1 unspecified atom stereocenters. The molecule has 0 heterocycles. The van der Waals surface area contributed by atoms with Gasteiger partial charge in [-0.25, -0.2) is 0 Å². The van der Waals surface area contributed by atoms with E-state index in [1.807, 2.05) is 6.92 Å². The highest BCUT2D eigenvalue weighted by molar-refractivity contribution is 5.03. The molecule has 20 heavy (non-hydrogen) atoms. The number of nitrogens with zero attached hydrogens (tertiary/aromatic N) is 3. The molecule has 1 N–H and O–H groups in total. The van der Waals surface area contributed by atoms with E-state index in [1.54, 1.807) is 0 Å². The summed E-state index contributed by atoms with van der Waals surface area (Å²) in [4.78, 5) is 4.92. The number of rotatable bonds is 12. The molecule has 0 fully saturated rings. The fourth-order valence-corrected chi connectivity index (χ4v) is 2.44. The van der Waals surface area contributed by atoms with Crippen LogP contribution in [0.3, 0.4) is 0 Å². The van der Waals surface area contributed by atoms with E-state index in [0.717, 1.165) is 45.7 Å². The molecule has 0 saturated heterocycles. The fourth-order valence-electron chi connectivity index (χ4n) is 2.44. The van der Waals surface area contributed by atoms with E-state index >= 15 is 0 Å². The van der Waals surface area contributed by atoms with Gasteiger partial charge in [-0.1, -0.05) is 27.7 Å². The Morgan fingerprint density at radius 3 is 1.95 bits per heavy atom. The molecule has 0 spiro atoms. The fraction of sp³-hybridized carbons (Fsp3) is 0.938. The Morgan fingerprint density at radius 1 is 0.950 bits per heavy atom. The second-order valence-electron chi connectivity index (χ2n) is 5.54. The van der Waals surface area contributed by atoms with Crippen molar-refractivity contribution in [3.63, 3.8) is 0 Å². The summed E-state index contributed by atoms with van der Waals surface area (Å²) in [6, 6.07) is 2.41. The molecule has 0 rings (SSSR count). The lowest BCUT2D eigenvalue weighted by atomic mass is 9.99. The molecule has 0 aromatic rings. The van der Waals surface area contributed by atoms with Crippen molar-refractivity contribution in [2.45, 2.75) is 53.0 Å². The zero-order valence-corrected chi connectivity index (χ0v) is 14.2. The van der Waals surface area contributed by atoms with Crippen LogP contribution in [-0.2, 0) is 0 Å². The minimum Gasteiger partial charge on any atom is -0.304 e. The largest absolute Gasteiger partial charge is 0.304 e. The smallest absolute Gasteiger partial charge is 0.105 e. The summed E-state index contributed by atoms with van der Waals surface area (Å²) in [7, 11) is 0. The lowest BCUT2D eigenvalue weighted by Crippen LogP contribution is -2.44. The quantitative estimate of drug-likeness (QED) is 0.596. The molecule has 0 aliphatic carbocycles. The maximum atomic E-state index is 9.28. The van der Waals surface area contributed by atoms with E-state index in [0.29, 0.717) is 0 Å². The Kier molecular flexibility index (Phi) is 10.7. The van der Waals surface area contributed by atoms with E-state index in [4.69, 9.17) is 0 Å². The average molecular weight is 282 g/mol. The van der Waals surface area contributed by atoms with Crippen LogP contribution in [0.1, 0.15) is 47.5 Å². The number of nitriles is 1. The Morgan fingerprint density at radius 2 is 1.50 bits per heavy atom. The van der Waals surface area contributed by atoms with Crippen molar-refractivity contribution in [1.82, 2.24) is 15.1 Å². The zero-order valence-electron chi connectivity index (χ0n) is 14.2. The molecule has 0 radical (unpaired) electrons. The van der Waals surface area contributed by atoms with Gasteiger partial charge in [0.15, 0.2) is 0 Å². The van der Waals surface area contributed by atoms with Gasteiger partial charge in [-0.2, -0.15) is 5.26 Å². The minimum absolute atomic E-state index is 0.388. The highest BCUT2D eigenvalue weighted by Gasteiger charge is 2.22. The van der Waals surface area contributed by atoms with Crippen LogP contribution in [0.25, 0.3) is 0 Å². The first-order valence-electron chi connectivity index (χ1n) is 8.16. The lowest BCUT2D eigenvalue weighted by Gasteiger charge is -2.28. The van der Waals surface area contributed by atoms with E-state index in [2.05, 4.69) is 48.9 Å². The number of hydrogen-bond acceptors (Lipinski definition) is 4. The minimum atomic E-state index is -0.388. The molecule has 0 aliphatic rings. The summed E-state index contributed by atoms with van der Waals surface area (Å²) in [5.41, 5.74) is -0.388. The Hall–Kier alpha value is -0.630. The van der Waals surface area contributed by atoms with Gasteiger partial charge in [0.1, 0.15) is 5.54 Å². The van der Waals surface area contributed by atoms with Gasteiger partial charge in [-0.3, -0.25) is 5.32 Å². The van der Waals surface area contributed by atoms with Gasteiger partial charge in [-0.15, -0.1) is 0 Å². The van der Waals surface area contributed by atoms with Crippen LogP contribution < -0.4 is 5.32 Å². The maximum Gasteiger partial charge on any atom is 0.105 e. The molecule has 0 aromatic carbocycles. The second-order valence-corrected chi connectivity index (χ2v) is 5.54. The van der Waals surface area contributed by atoms with E-state index in [9.17, 15) is 5.26 Å². The van der Waals surface area contributed by atoms with Gasteiger partial charge in [-0.05, 0) is 59.0 Å². The van der Waals surface area contributed by atoms with Crippen molar-refractivity contribution < 1.29 is 0 Å². The number of nitrogens with one attached hydrogen (secondary N) is 1. The van der Waals surface area contributed by atoms with Gasteiger partial charge in [0.25, 0.3) is 0 Å². The topological polar surface area (TPSA) is 42.3 Å². The first kappa shape index (κ1) is 19.4. The molecule has 0 amide bonds. The first-order chi connectivity index (χ1) is 9.55. The standard InChI is InChI=1S/C16H34N4/c1-6-18-16(5,15-17)11-14-20(9-4)13-10-12-19(7-2)8-3/h18H,6-14H2,1-5H3. The summed E-state index contributed by atoms with van der Waals surface area (Å²) >= 11 is 0. The van der Waals surface area contributed by atoms with Crippen LogP contribution in [0.5, 0.6) is 0 Å². The summed E-state index contributed by atoms with van der Waals surface area (Å²) in [6.07, 6.45) is 2.09. The highest BCUT2D eigenvalue weighted by Crippen LogP contribution is 2.09. The Bertz CT molecular complexity index is 270. The second kappa shape index (κ2) is 11.1. The SMILES string of the molecule is CCNC(C)(C#N)CCN(CC)CCCN(CC)CC. The van der Waals surface area contributed by atoms with Crippen molar-refractivity contribution in [2.24, 2.45) is 0 Å². The van der Waals surface area contributed by atoms with Crippen molar-refractivity contribution in [1.29, 1.82) is 5.26 Å². The molecule has 0 saturated carbocycles. The third-order valence-corrected chi connectivity index (χ3v) is 4.03. The van der Waals surface area contributed by atoms with Crippen LogP contribution in [-0.4, -0.2) is 61.2 Å². The van der Waals surface area contributed by atoms with Gasteiger partial charge < -0.3 is 9.80 Å².